The highest BCUT2D eigenvalue weighted by Crippen LogP contribution is 2.36. The van der Waals surface area contributed by atoms with Gasteiger partial charge in [0.15, 0.2) is 11.6 Å². The molecule has 9 heteroatoms. The molecule has 0 fully saturated rings. The normalized spacial score (nSPS) is 15.6. The van der Waals surface area contributed by atoms with Gasteiger partial charge < -0.3 is 5.32 Å². The van der Waals surface area contributed by atoms with E-state index in [0.717, 1.165) is 24.0 Å². The van der Waals surface area contributed by atoms with Crippen molar-refractivity contribution in [1.82, 2.24) is 14.8 Å². The number of sulfone groups is 1. The number of rotatable bonds is 9. The van der Waals surface area contributed by atoms with Crippen LogP contribution < -0.4 is 5.32 Å². The molecule has 0 saturated carbocycles. The maximum Gasteiger partial charge on any atom is 0.181 e. The number of ketones is 2. The standard InChI is InChI=1S/C26H30N4O4S/c1-4-18-12-21-25(29-30(26(21)23(32)13-18)16-19-8-6-5-7-9-19)20-14-22(24(17(2)31)28-15-20)27-10-11-35(3,33)34/h5-9,14-15,18,27H,4,10-13,16H2,1-3H3. The molecule has 2 aromatic heterocycles. The van der Waals surface area contributed by atoms with Gasteiger partial charge in [0.1, 0.15) is 21.2 Å². The first kappa shape index (κ1) is 24.8. The molecule has 0 aliphatic heterocycles. The number of benzene rings is 1. The van der Waals surface area contributed by atoms with Gasteiger partial charge in [-0.05, 0) is 24.0 Å². The Bertz CT molecular complexity index is 1360. The second-order valence-electron chi connectivity index (χ2n) is 9.16. The predicted octanol–water partition coefficient (Wildman–Crippen LogP) is 3.81. The average molecular weight is 495 g/mol. The zero-order valence-corrected chi connectivity index (χ0v) is 21.1. The number of aromatic nitrogens is 3. The number of pyridine rings is 1. The second-order valence-corrected chi connectivity index (χ2v) is 11.4. The van der Waals surface area contributed by atoms with Gasteiger partial charge in [-0.15, -0.1) is 0 Å². The Kier molecular flexibility index (Phi) is 7.16. The van der Waals surface area contributed by atoms with Gasteiger partial charge in [0.25, 0.3) is 0 Å². The third kappa shape index (κ3) is 5.67. The number of fused-ring (bicyclic) bond motifs is 1. The Morgan fingerprint density at radius 2 is 1.94 bits per heavy atom. The van der Waals surface area contributed by atoms with E-state index in [-0.39, 0.29) is 35.5 Å². The molecule has 1 unspecified atom stereocenters. The summed E-state index contributed by atoms with van der Waals surface area (Å²) in [6, 6.07) is 11.7. The smallest absolute Gasteiger partial charge is 0.181 e. The van der Waals surface area contributed by atoms with E-state index in [9.17, 15) is 18.0 Å². The lowest BCUT2D eigenvalue weighted by molar-refractivity contribution is 0.0936. The summed E-state index contributed by atoms with van der Waals surface area (Å²) in [5, 5.41) is 7.91. The van der Waals surface area contributed by atoms with Crippen molar-refractivity contribution >= 4 is 27.1 Å². The van der Waals surface area contributed by atoms with Crippen molar-refractivity contribution in [2.75, 3.05) is 23.9 Å². The van der Waals surface area contributed by atoms with Crippen LogP contribution >= 0.6 is 0 Å². The maximum absolute atomic E-state index is 13.2. The minimum Gasteiger partial charge on any atom is -0.382 e. The van der Waals surface area contributed by atoms with Crippen LogP contribution in [0.2, 0.25) is 0 Å². The summed E-state index contributed by atoms with van der Waals surface area (Å²) in [4.78, 5) is 29.7. The minimum atomic E-state index is -3.16. The van der Waals surface area contributed by atoms with Crippen LogP contribution in [0.5, 0.6) is 0 Å². The molecule has 0 saturated heterocycles. The van der Waals surface area contributed by atoms with E-state index >= 15 is 0 Å². The fourth-order valence-corrected chi connectivity index (χ4v) is 4.97. The summed E-state index contributed by atoms with van der Waals surface area (Å²) in [7, 11) is -3.16. The summed E-state index contributed by atoms with van der Waals surface area (Å²) in [6.07, 6.45) is 4.92. The summed E-state index contributed by atoms with van der Waals surface area (Å²) in [5.74, 6) is 0.0475. The van der Waals surface area contributed by atoms with Gasteiger partial charge in [0.05, 0.1) is 23.7 Å². The molecule has 1 aliphatic rings. The molecule has 2 heterocycles. The second kappa shape index (κ2) is 10.1. The van der Waals surface area contributed by atoms with E-state index in [1.807, 2.05) is 30.3 Å². The maximum atomic E-state index is 13.2. The first-order chi connectivity index (χ1) is 16.7. The van der Waals surface area contributed by atoms with Gasteiger partial charge in [-0.2, -0.15) is 5.10 Å². The summed E-state index contributed by atoms with van der Waals surface area (Å²) in [5.41, 5.74) is 4.64. The van der Waals surface area contributed by atoms with Crippen molar-refractivity contribution in [2.45, 2.75) is 39.7 Å². The Labute approximate surface area is 205 Å². The Morgan fingerprint density at radius 3 is 2.60 bits per heavy atom. The number of hydrogen-bond acceptors (Lipinski definition) is 7. The molecule has 0 bridgehead atoms. The molecule has 0 amide bonds. The third-order valence-electron chi connectivity index (χ3n) is 6.32. The lowest BCUT2D eigenvalue weighted by atomic mass is 9.83. The number of nitrogens with zero attached hydrogens (tertiary/aromatic N) is 3. The van der Waals surface area contributed by atoms with Crippen molar-refractivity contribution in [3.05, 3.63) is 65.1 Å². The number of carbonyl (C=O) groups excluding carboxylic acids is 2. The molecule has 4 rings (SSSR count). The van der Waals surface area contributed by atoms with Crippen LogP contribution in [-0.2, 0) is 22.8 Å². The molecule has 35 heavy (non-hydrogen) atoms. The van der Waals surface area contributed by atoms with Crippen LogP contribution in [0, 0.1) is 5.92 Å². The number of anilines is 1. The van der Waals surface area contributed by atoms with E-state index in [0.29, 0.717) is 35.6 Å². The van der Waals surface area contributed by atoms with Crippen molar-refractivity contribution in [1.29, 1.82) is 0 Å². The van der Waals surface area contributed by atoms with E-state index in [1.54, 1.807) is 16.9 Å². The molecule has 3 aromatic rings. The number of Topliss-reactive ketones (excluding diaryl/α,β-unsaturated/α-hetero) is 2. The quantitative estimate of drug-likeness (QED) is 0.450. The molecular formula is C26H30N4O4S. The number of nitrogens with one attached hydrogen (secondary N) is 1. The number of carbonyl (C=O) groups is 2. The topological polar surface area (TPSA) is 111 Å². The Morgan fingerprint density at radius 1 is 1.20 bits per heavy atom. The van der Waals surface area contributed by atoms with Crippen LogP contribution in [-0.4, -0.2) is 53.3 Å². The van der Waals surface area contributed by atoms with Crippen molar-refractivity contribution in [2.24, 2.45) is 5.92 Å². The van der Waals surface area contributed by atoms with Crippen molar-refractivity contribution < 1.29 is 18.0 Å². The molecule has 184 valence electrons. The van der Waals surface area contributed by atoms with Gasteiger partial charge in [-0.1, -0.05) is 43.7 Å². The van der Waals surface area contributed by atoms with Gasteiger partial charge in [-0.3, -0.25) is 19.3 Å². The van der Waals surface area contributed by atoms with Crippen LogP contribution in [0.15, 0.2) is 42.6 Å². The molecule has 1 aliphatic carbocycles. The van der Waals surface area contributed by atoms with E-state index < -0.39 is 9.84 Å². The van der Waals surface area contributed by atoms with E-state index in [1.165, 1.54) is 13.2 Å². The van der Waals surface area contributed by atoms with E-state index in [2.05, 4.69) is 17.2 Å². The largest absolute Gasteiger partial charge is 0.382 e. The van der Waals surface area contributed by atoms with Gasteiger partial charge in [0.2, 0.25) is 0 Å². The highest BCUT2D eigenvalue weighted by atomic mass is 32.2. The van der Waals surface area contributed by atoms with Crippen LogP contribution in [0.1, 0.15) is 58.8 Å². The molecule has 1 atom stereocenters. The SMILES string of the molecule is CCC1CC(=O)c2c(c(-c3cnc(C(C)=O)c(NCCS(C)(=O)=O)c3)nn2Cc2ccccc2)C1. The van der Waals surface area contributed by atoms with E-state index in [4.69, 9.17) is 5.10 Å². The van der Waals surface area contributed by atoms with Gasteiger partial charge in [-0.25, -0.2) is 8.42 Å². The van der Waals surface area contributed by atoms with Gasteiger partial charge in [0, 0.05) is 43.5 Å². The van der Waals surface area contributed by atoms with Crippen molar-refractivity contribution in [3.63, 3.8) is 0 Å². The number of hydrogen-bond donors (Lipinski definition) is 1. The highest BCUT2D eigenvalue weighted by Gasteiger charge is 2.32. The van der Waals surface area contributed by atoms with Crippen LogP contribution in [0.25, 0.3) is 11.3 Å². The zero-order chi connectivity index (χ0) is 25.2. The first-order valence-corrected chi connectivity index (χ1v) is 13.8. The van der Waals surface area contributed by atoms with Crippen LogP contribution in [0.3, 0.4) is 0 Å². The fourth-order valence-electron chi connectivity index (χ4n) is 4.50. The fraction of sp³-hybridized carbons (Fsp3) is 0.385. The highest BCUT2D eigenvalue weighted by molar-refractivity contribution is 7.90. The average Bonchev–Trinajstić information content (AvgIpc) is 3.17. The summed E-state index contributed by atoms with van der Waals surface area (Å²) >= 11 is 0. The first-order valence-electron chi connectivity index (χ1n) is 11.8. The monoisotopic (exact) mass is 494 g/mol. The molecule has 0 radical (unpaired) electrons. The minimum absolute atomic E-state index is 0.0671. The van der Waals surface area contributed by atoms with Crippen LogP contribution in [0.4, 0.5) is 5.69 Å². The van der Waals surface area contributed by atoms with Crippen molar-refractivity contribution in [3.8, 4) is 11.3 Å². The Hall–Kier alpha value is -3.33. The lowest BCUT2D eigenvalue weighted by Crippen LogP contribution is -2.22. The zero-order valence-electron chi connectivity index (χ0n) is 20.2. The molecular weight excluding hydrogens is 464 g/mol. The lowest BCUT2D eigenvalue weighted by Gasteiger charge is -2.21. The predicted molar refractivity (Wildman–Crippen MR) is 136 cm³/mol. The molecule has 8 nitrogen and oxygen atoms in total. The third-order valence-corrected chi connectivity index (χ3v) is 7.26. The molecule has 0 spiro atoms. The Balaban J connectivity index is 1.78. The van der Waals surface area contributed by atoms with Gasteiger partial charge >= 0.3 is 0 Å². The summed E-state index contributed by atoms with van der Waals surface area (Å²) < 4.78 is 24.9. The summed E-state index contributed by atoms with van der Waals surface area (Å²) in [6.45, 7) is 4.14. The molecule has 1 aromatic carbocycles. The molecule has 1 N–H and O–H groups in total.